The third-order valence-electron chi connectivity index (χ3n) is 9.40. The Bertz CT molecular complexity index is 1520. The number of amides is 3. The maximum Gasteiger partial charge on any atom is 0.312 e. The number of aromatic nitrogens is 2. The van der Waals surface area contributed by atoms with Crippen LogP contribution in [0.1, 0.15) is 60.4 Å². The number of carbonyl (C=O) groups is 3. The van der Waals surface area contributed by atoms with Gasteiger partial charge in [0.05, 0.1) is 5.02 Å². The van der Waals surface area contributed by atoms with Gasteiger partial charge in [-0.15, -0.1) is 0 Å². The molecular weight excluding hydrogens is 595 g/mol. The smallest absolute Gasteiger partial charge is 0.312 e. The number of aromatic hydroxyl groups is 1. The highest BCUT2D eigenvalue weighted by atomic mass is 35.5. The Morgan fingerprint density at radius 3 is 2.48 bits per heavy atom. The summed E-state index contributed by atoms with van der Waals surface area (Å²) in [6.07, 6.45) is 3.74. The number of ether oxygens (including phenoxy) is 1. The maximum absolute atomic E-state index is 14.4. The van der Waals surface area contributed by atoms with Gasteiger partial charge < -0.3 is 30.3 Å². The molecule has 0 radical (unpaired) electrons. The van der Waals surface area contributed by atoms with E-state index >= 15 is 0 Å². The average Bonchev–Trinajstić information content (AvgIpc) is 3.26. The first-order valence-electron chi connectivity index (χ1n) is 14.7. The summed E-state index contributed by atoms with van der Waals surface area (Å²) in [5, 5.41) is 17.0. The molecule has 6 rings (SSSR count). The van der Waals surface area contributed by atoms with Crippen molar-refractivity contribution in [3.8, 4) is 5.75 Å². The second-order valence-corrected chi connectivity index (χ2v) is 12.7. The summed E-state index contributed by atoms with van der Waals surface area (Å²) in [5.74, 6) is -3.83. The first-order chi connectivity index (χ1) is 20.9. The SMILES string of the molecule is CN(C)C(=O)C(=O)N(C)C12CCC(CNC3CCOCC3)(CC1)Cn1c2nc(C(=O)NCc2cccc(Cl)c2F)c(O)c1=O. The number of benzene rings is 1. The Morgan fingerprint density at radius 2 is 1.82 bits per heavy atom. The van der Waals surface area contributed by atoms with E-state index < -0.39 is 51.5 Å². The molecule has 238 valence electrons. The summed E-state index contributed by atoms with van der Waals surface area (Å²) < 4.78 is 21.3. The van der Waals surface area contributed by atoms with Gasteiger partial charge in [0.15, 0.2) is 5.69 Å². The number of likely N-dealkylation sites (N-methyl/N-ethyl adjacent to an activating group) is 2. The molecule has 2 aromatic rings. The standard InChI is InChI=1S/C30H38ClFN6O6/c1-36(2)26(42)27(43)37(3)30-11-9-29(10-12-30,16-34-19-7-13-44-14-8-19)17-38-25(41)23(39)22(35-28(30)38)24(40)33-15-18-5-4-6-20(31)21(18)32/h4-6,19,34,39H,7-17H2,1-3H3,(H,33,40). The predicted molar refractivity (Wildman–Crippen MR) is 159 cm³/mol. The van der Waals surface area contributed by atoms with Gasteiger partial charge in [-0.05, 0) is 44.6 Å². The lowest BCUT2D eigenvalue weighted by Gasteiger charge is -2.46. The average molecular weight is 633 g/mol. The highest BCUT2D eigenvalue weighted by Gasteiger charge is 2.54. The van der Waals surface area contributed by atoms with Crippen LogP contribution in [0.5, 0.6) is 5.75 Å². The molecule has 4 heterocycles. The van der Waals surface area contributed by atoms with E-state index in [2.05, 4.69) is 15.6 Å². The quantitative estimate of drug-likeness (QED) is 0.392. The molecule has 1 saturated carbocycles. The van der Waals surface area contributed by atoms with Crippen molar-refractivity contribution in [2.45, 2.75) is 63.2 Å². The third-order valence-corrected chi connectivity index (χ3v) is 9.69. The first kappa shape index (κ1) is 31.9. The fourth-order valence-electron chi connectivity index (χ4n) is 6.57. The highest BCUT2D eigenvalue weighted by Crippen LogP contribution is 2.52. The van der Waals surface area contributed by atoms with E-state index in [9.17, 15) is 28.7 Å². The van der Waals surface area contributed by atoms with E-state index in [0.29, 0.717) is 45.4 Å². The van der Waals surface area contributed by atoms with Gasteiger partial charge in [-0.2, -0.15) is 0 Å². The Labute approximate surface area is 259 Å². The van der Waals surface area contributed by atoms with Crippen molar-refractivity contribution in [2.24, 2.45) is 5.41 Å². The van der Waals surface area contributed by atoms with Gasteiger partial charge in [-0.3, -0.25) is 23.7 Å². The molecule has 1 aromatic heterocycles. The highest BCUT2D eigenvalue weighted by molar-refractivity contribution is 6.34. The van der Waals surface area contributed by atoms with Crippen LogP contribution in [0, 0.1) is 11.2 Å². The lowest BCUT2D eigenvalue weighted by molar-refractivity contribution is -0.155. The minimum Gasteiger partial charge on any atom is -0.501 e. The van der Waals surface area contributed by atoms with Gasteiger partial charge in [0.1, 0.15) is 17.2 Å². The van der Waals surface area contributed by atoms with Crippen molar-refractivity contribution in [2.75, 3.05) is 40.9 Å². The predicted octanol–water partition coefficient (Wildman–Crippen LogP) is 1.76. The van der Waals surface area contributed by atoms with Crippen LogP contribution in [0.4, 0.5) is 4.39 Å². The van der Waals surface area contributed by atoms with Crippen molar-refractivity contribution in [3.63, 3.8) is 0 Å². The zero-order valence-electron chi connectivity index (χ0n) is 25.1. The Balaban J connectivity index is 1.53. The van der Waals surface area contributed by atoms with Crippen molar-refractivity contribution >= 4 is 29.3 Å². The molecule has 2 bridgehead atoms. The van der Waals surface area contributed by atoms with E-state index in [-0.39, 0.29) is 35.5 Å². The number of fused-ring (bicyclic) bond motifs is 2. The van der Waals surface area contributed by atoms with Gasteiger partial charge in [-0.1, -0.05) is 23.7 Å². The molecule has 0 spiro atoms. The summed E-state index contributed by atoms with van der Waals surface area (Å²) in [7, 11) is 4.46. The van der Waals surface area contributed by atoms with Crippen LogP contribution in [0.3, 0.4) is 0 Å². The molecule has 1 aliphatic carbocycles. The molecule has 3 aliphatic heterocycles. The number of halogens is 2. The summed E-state index contributed by atoms with van der Waals surface area (Å²) in [5.41, 5.74) is -2.84. The van der Waals surface area contributed by atoms with E-state index in [4.69, 9.17) is 16.3 Å². The molecule has 44 heavy (non-hydrogen) atoms. The molecule has 0 atom stereocenters. The van der Waals surface area contributed by atoms with E-state index in [0.717, 1.165) is 12.8 Å². The van der Waals surface area contributed by atoms with Crippen molar-refractivity contribution in [1.82, 2.24) is 30.0 Å². The van der Waals surface area contributed by atoms with Crippen molar-refractivity contribution in [3.05, 3.63) is 56.5 Å². The van der Waals surface area contributed by atoms with Gasteiger partial charge >= 0.3 is 11.8 Å². The van der Waals surface area contributed by atoms with Crippen molar-refractivity contribution < 1.29 is 28.6 Å². The zero-order valence-corrected chi connectivity index (χ0v) is 25.9. The molecular formula is C30H38ClFN6O6. The minimum atomic E-state index is -1.19. The molecule has 2 fully saturated rings. The molecule has 12 nitrogen and oxygen atoms in total. The van der Waals surface area contributed by atoms with Gasteiger partial charge in [-0.25, -0.2) is 9.37 Å². The molecule has 0 unspecified atom stereocenters. The largest absolute Gasteiger partial charge is 0.501 e. The molecule has 3 amide bonds. The second kappa shape index (κ2) is 12.4. The maximum atomic E-state index is 14.4. The zero-order chi connectivity index (χ0) is 31.8. The number of rotatable bonds is 7. The van der Waals surface area contributed by atoms with E-state index in [1.165, 1.54) is 53.7 Å². The summed E-state index contributed by atoms with van der Waals surface area (Å²) in [6, 6.07) is 4.63. The summed E-state index contributed by atoms with van der Waals surface area (Å²) in [4.78, 5) is 60.4. The fourth-order valence-corrected chi connectivity index (χ4v) is 6.76. The van der Waals surface area contributed by atoms with E-state index in [1.54, 1.807) is 0 Å². The molecule has 14 heteroatoms. The van der Waals surface area contributed by atoms with Crippen LogP contribution >= 0.6 is 11.6 Å². The minimum absolute atomic E-state index is 0.110. The third kappa shape index (κ3) is 5.80. The first-order valence-corrected chi connectivity index (χ1v) is 15.1. The monoisotopic (exact) mass is 632 g/mol. The molecule has 4 aliphatic rings. The molecule has 1 aromatic carbocycles. The topological polar surface area (TPSA) is 146 Å². The van der Waals surface area contributed by atoms with Crippen LogP contribution in [0.25, 0.3) is 0 Å². The van der Waals surface area contributed by atoms with Crippen LogP contribution in [-0.2, 0) is 33.0 Å². The lowest BCUT2D eigenvalue weighted by Crippen LogP contribution is -2.55. The molecule has 1 saturated heterocycles. The Hall–Kier alpha value is -3.55. The molecule has 3 N–H and O–H groups in total. The van der Waals surface area contributed by atoms with Crippen LogP contribution < -0.4 is 16.2 Å². The summed E-state index contributed by atoms with van der Waals surface area (Å²) >= 11 is 5.86. The van der Waals surface area contributed by atoms with Gasteiger partial charge in [0.25, 0.3) is 11.5 Å². The Kier molecular flexibility index (Phi) is 9.01. The van der Waals surface area contributed by atoms with Crippen LogP contribution in [0.2, 0.25) is 5.02 Å². The van der Waals surface area contributed by atoms with Crippen molar-refractivity contribution in [1.29, 1.82) is 0 Å². The van der Waals surface area contributed by atoms with Crippen LogP contribution in [-0.4, -0.2) is 89.1 Å². The normalized spacial score (nSPS) is 23.0. The van der Waals surface area contributed by atoms with Crippen LogP contribution in [0.15, 0.2) is 23.0 Å². The second-order valence-electron chi connectivity index (χ2n) is 12.3. The number of hydrogen-bond acceptors (Lipinski definition) is 8. The lowest BCUT2D eigenvalue weighted by atomic mass is 9.67. The number of nitrogens with one attached hydrogen (secondary N) is 2. The Morgan fingerprint density at radius 1 is 1.14 bits per heavy atom. The number of hydrogen-bond donors (Lipinski definition) is 3. The van der Waals surface area contributed by atoms with E-state index in [1.807, 2.05) is 0 Å². The summed E-state index contributed by atoms with van der Waals surface area (Å²) in [6.45, 7) is 1.89. The van der Waals surface area contributed by atoms with Gasteiger partial charge in [0, 0.05) is 71.0 Å². The van der Waals surface area contributed by atoms with Gasteiger partial charge in [0.2, 0.25) is 5.75 Å². The fraction of sp³-hybridized carbons (Fsp3) is 0.567. The number of nitrogens with zero attached hydrogens (tertiary/aromatic N) is 4. The number of carbonyl (C=O) groups excluding carboxylic acids is 3.